The first-order valence-corrected chi connectivity index (χ1v) is 6.95. The second-order valence-corrected chi connectivity index (χ2v) is 7.00. The molecule has 0 saturated carbocycles. The van der Waals surface area contributed by atoms with Crippen molar-refractivity contribution in [1.29, 1.82) is 0 Å². The second kappa shape index (κ2) is 4.89. The van der Waals surface area contributed by atoms with Crippen LogP contribution >= 0.6 is 22.9 Å². The number of hydrogen-bond donors (Lipinski definition) is 1. The molecule has 1 unspecified atom stereocenters. The number of thiazole rings is 1. The Hall–Kier alpha value is -0.910. The van der Waals surface area contributed by atoms with Crippen LogP contribution in [0.2, 0.25) is 4.47 Å². The van der Waals surface area contributed by atoms with Crippen molar-refractivity contribution in [3.8, 4) is 5.75 Å². The van der Waals surface area contributed by atoms with Gasteiger partial charge in [0.05, 0.1) is 23.4 Å². The summed E-state index contributed by atoms with van der Waals surface area (Å²) < 4.78 is 20.5. The Balaban J connectivity index is 2.79. The summed E-state index contributed by atoms with van der Waals surface area (Å²) in [6.07, 6.45) is -0.997. The molecule has 0 spiro atoms. The van der Waals surface area contributed by atoms with E-state index in [4.69, 9.17) is 16.3 Å². The van der Waals surface area contributed by atoms with Crippen molar-refractivity contribution >= 4 is 33.2 Å². The highest BCUT2D eigenvalue weighted by Gasteiger charge is 2.31. The number of aliphatic hydroxyl groups is 1. The number of methoxy groups -OCH3 is 1. The molecule has 0 amide bonds. The van der Waals surface area contributed by atoms with Gasteiger partial charge in [-0.3, -0.25) is 0 Å². The van der Waals surface area contributed by atoms with Crippen molar-refractivity contribution in [3.05, 3.63) is 21.9 Å². The lowest BCUT2D eigenvalue weighted by Gasteiger charge is -2.27. The first-order valence-electron chi connectivity index (χ1n) is 5.76. The van der Waals surface area contributed by atoms with Crippen LogP contribution in [0.4, 0.5) is 4.39 Å². The van der Waals surface area contributed by atoms with E-state index in [2.05, 4.69) is 4.98 Å². The van der Waals surface area contributed by atoms with Gasteiger partial charge in [-0.15, -0.1) is 11.3 Å². The maximum atomic E-state index is 14.4. The Morgan fingerprint density at radius 2 is 2.11 bits per heavy atom. The van der Waals surface area contributed by atoms with Crippen LogP contribution in [-0.2, 0) is 0 Å². The fourth-order valence-electron chi connectivity index (χ4n) is 1.85. The standard InChI is InChI=1S/C13H15ClFNO2S/c1-13(2,3)11(17)8-9(15)6(18-4)5-7-10(8)16-12(14)19-7/h5,11,17H,1-4H3. The van der Waals surface area contributed by atoms with Crippen molar-refractivity contribution < 1.29 is 14.2 Å². The largest absolute Gasteiger partial charge is 0.494 e. The number of fused-ring (bicyclic) bond motifs is 1. The van der Waals surface area contributed by atoms with Crippen LogP contribution in [-0.4, -0.2) is 17.2 Å². The lowest BCUT2D eigenvalue weighted by atomic mass is 9.84. The normalized spacial score (nSPS) is 13.8. The third kappa shape index (κ3) is 2.55. The molecular weight excluding hydrogens is 289 g/mol. The van der Waals surface area contributed by atoms with E-state index in [1.165, 1.54) is 18.4 Å². The number of rotatable bonds is 2. The topological polar surface area (TPSA) is 42.4 Å². The number of aromatic nitrogens is 1. The van der Waals surface area contributed by atoms with E-state index in [9.17, 15) is 9.50 Å². The van der Waals surface area contributed by atoms with Gasteiger partial charge in [0.1, 0.15) is 0 Å². The minimum Gasteiger partial charge on any atom is -0.494 e. The van der Waals surface area contributed by atoms with Crippen LogP contribution in [0, 0.1) is 11.2 Å². The van der Waals surface area contributed by atoms with Crippen LogP contribution in [0.5, 0.6) is 5.75 Å². The molecule has 1 aromatic heterocycles. The maximum Gasteiger partial charge on any atom is 0.184 e. The lowest BCUT2D eigenvalue weighted by molar-refractivity contribution is 0.0603. The Morgan fingerprint density at radius 3 is 2.63 bits per heavy atom. The Morgan fingerprint density at radius 1 is 1.47 bits per heavy atom. The molecule has 6 heteroatoms. The van der Waals surface area contributed by atoms with Crippen molar-refractivity contribution in [1.82, 2.24) is 4.98 Å². The minimum absolute atomic E-state index is 0.0890. The fraction of sp³-hybridized carbons (Fsp3) is 0.462. The van der Waals surface area contributed by atoms with Gasteiger partial charge in [0, 0.05) is 11.6 Å². The smallest absolute Gasteiger partial charge is 0.184 e. The number of ether oxygens (including phenoxy) is 1. The first kappa shape index (κ1) is 14.5. The van der Waals surface area contributed by atoms with Crippen LogP contribution in [0.1, 0.15) is 32.4 Å². The molecule has 104 valence electrons. The number of benzene rings is 1. The summed E-state index contributed by atoms with van der Waals surface area (Å²) >= 11 is 7.11. The van der Waals surface area contributed by atoms with Gasteiger partial charge in [0.25, 0.3) is 0 Å². The van der Waals surface area contributed by atoms with Gasteiger partial charge >= 0.3 is 0 Å². The number of hydrogen-bond acceptors (Lipinski definition) is 4. The molecule has 1 heterocycles. The molecule has 0 fully saturated rings. The zero-order valence-electron chi connectivity index (χ0n) is 11.1. The summed E-state index contributed by atoms with van der Waals surface area (Å²) in [6.45, 7) is 5.49. The number of halogens is 2. The van der Waals surface area contributed by atoms with E-state index in [0.717, 1.165) is 0 Å². The van der Waals surface area contributed by atoms with Crippen molar-refractivity contribution in [2.24, 2.45) is 5.41 Å². The molecule has 2 aromatic rings. The van der Waals surface area contributed by atoms with Gasteiger partial charge in [-0.05, 0) is 5.41 Å². The highest BCUT2D eigenvalue weighted by molar-refractivity contribution is 7.22. The molecule has 0 bridgehead atoms. The van der Waals surface area contributed by atoms with E-state index in [-0.39, 0.29) is 11.3 Å². The zero-order valence-corrected chi connectivity index (χ0v) is 12.7. The molecule has 0 aliphatic carbocycles. The van der Waals surface area contributed by atoms with E-state index in [1.807, 2.05) is 20.8 Å². The summed E-state index contributed by atoms with van der Waals surface area (Å²) in [4.78, 5) is 4.11. The molecule has 1 aromatic carbocycles. The van der Waals surface area contributed by atoms with Crippen LogP contribution in [0.25, 0.3) is 10.2 Å². The maximum absolute atomic E-state index is 14.4. The molecule has 1 N–H and O–H groups in total. The summed E-state index contributed by atoms with van der Waals surface area (Å²) in [7, 11) is 1.39. The van der Waals surface area contributed by atoms with Crippen molar-refractivity contribution in [2.45, 2.75) is 26.9 Å². The van der Waals surface area contributed by atoms with E-state index in [1.54, 1.807) is 6.07 Å². The van der Waals surface area contributed by atoms with Crippen molar-refractivity contribution in [3.63, 3.8) is 0 Å². The van der Waals surface area contributed by atoms with E-state index < -0.39 is 17.3 Å². The monoisotopic (exact) mass is 303 g/mol. The van der Waals surface area contributed by atoms with Gasteiger partial charge in [0.2, 0.25) is 0 Å². The third-order valence-electron chi connectivity index (χ3n) is 2.91. The highest BCUT2D eigenvalue weighted by Crippen LogP contribution is 2.42. The number of aliphatic hydroxyl groups excluding tert-OH is 1. The van der Waals surface area contributed by atoms with Gasteiger partial charge in [-0.2, -0.15) is 0 Å². The molecule has 3 nitrogen and oxygen atoms in total. The predicted molar refractivity (Wildman–Crippen MR) is 75.6 cm³/mol. The van der Waals surface area contributed by atoms with Gasteiger partial charge in [0.15, 0.2) is 16.0 Å². The lowest BCUT2D eigenvalue weighted by Crippen LogP contribution is -2.19. The quantitative estimate of drug-likeness (QED) is 0.905. The molecular formula is C13H15ClFNO2S. The SMILES string of the molecule is COc1cc2sc(Cl)nc2c(C(O)C(C)(C)C)c1F. The van der Waals surface area contributed by atoms with Crippen LogP contribution in [0.15, 0.2) is 6.07 Å². The molecule has 0 aliphatic rings. The summed E-state index contributed by atoms with van der Waals surface area (Å²) in [5.41, 5.74) is 0.0247. The molecule has 2 rings (SSSR count). The van der Waals surface area contributed by atoms with Crippen LogP contribution < -0.4 is 4.74 Å². The third-order valence-corrected chi connectivity index (χ3v) is 4.02. The predicted octanol–water partition coefficient (Wildman–Crippen LogP) is 4.18. The van der Waals surface area contributed by atoms with Crippen molar-refractivity contribution in [2.75, 3.05) is 7.11 Å². The average Bonchev–Trinajstić information content (AvgIpc) is 2.66. The Kier molecular flexibility index (Phi) is 3.73. The summed E-state index contributed by atoms with van der Waals surface area (Å²) in [5.74, 6) is -0.495. The first-order chi connectivity index (χ1) is 8.75. The van der Waals surface area contributed by atoms with E-state index in [0.29, 0.717) is 14.7 Å². The molecule has 0 radical (unpaired) electrons. The van der Waals surface area contributed by atoms with E-state index >= 15 is 0 Å². The Labute approximate surface area is 120 Å². The summed E-state index contributed by atoms with van der Waals surface area (Å²) in [6, 6.07) is 1.55. The Bertz CT molecular complexity index is 621. The molecule has 19 heavy (non-hydrogen) atoms. The minimum atomic E-state index is -0.997. The molecule has 0 saturated heterocycles. The summed E-state index contributed by atoms with van der Waals surface area (Å²) in [5, 5.41) is 10.4. The highest BCUT2D eigenvalue weighted by atomic mass is 35.5. The zero-order chi connectivity index (χ0) is 14.4. The van der Waals surface area contributed by atoms with Crippen LogP contribution in [0.3, 0.4) is 0 Å². The molecule has 1 atom stereocenters. The second-order valence-electron chi connectivity index (χ2n) is 5.39. The molecule has 0 aliphatic heterocycles. The average molecular weight is 304 g/mol. The number of nitrogens with zero attached hydrogens (tertiary/aromatic N) is 1. The fourth-order valence-corrected chi connectivity index (χ4v) is 2.92. The van der Waals surface area contributed by atoms with Gasteiger partial charge < -0.3 is 9.84 Å². The van der Waals surface area contributed by atoms with Gasteiger partial charge in [-0.25, -0.2) is 9.37 Å². The van der Waals surface area contributed by atoms with Gasteiger partial charge in [-0.1, -0.05) is 32.4 Å².